The van der Waals surface area contributed by atoms with Crippen LogP contribution in [0, 0.1) is 5.82 Å². The summed E-state index contributed by atoms with van der Waals surface area (Å²) in [6.07, 6.45) is 4.22. The van der Waals surface area contributed by atoms with Crippen molar-refractivity contribution in [1.82, 2.24) is 14.7 Å². The van der Waals surface area contributed by atoms with Crippen molar-refractivity contribution in [1.29, 1.82) is 0 Å². The molecule has 0 unspecified atom stereocenters. The molecule has 1 saturated heterocycles. The highest BCUT2D eigenvalue weighted by Crippen LogP contribution is 2.30. The SMILES string of the molecule is CC.CCc1nc2ccc(O)cn2c1C(=O)NCc1ccc(N2CCC(c3ccc(F)cc3)CC2)cc1. The summed E-state index contributed by atoms with van der Waals surface area (Å²) in [6, 6.07) is 18.4. The summed E-state index contributed by atoms with van der Waals surface area (Å²) >= 11 is 0. The summed E-state index contributed by atoms with van der Waals surface area (Å²) in [7, 11) is 0. The Balaban J connectivity index is 0.00000156. The molecule has 5 rings (SSSR count). The highest BCUT2D eigenvalue weighted by Gasteiger charge is 2.21. The van der Waals surface area contributed by atoms with Crippen molar-refractivity contribution in [3.05, 3.63) is 95.2 Å². The van der Waals surface area contributed by atoms with Gasteiger partial charge in [-0.25, -0.2) is 9.37 Å². The lowest BCUT2D eigenvalue weighted by atomic mass is 9.89. The minimum absolute atomic E-state index is 0.0869. The number of piperidine rings is 1. The maximum atomic E-state index is 13.2. The number of aromatic hydroxyl groups is 1. The Morgan fingerprint density at radius 2 is 1.70 bits per heavy atom. The summed E-state index contributed by atoms with van der Waals surface area (Å²) in [6.45, 7) is 8.28. The Kier molecular flexibility index (Phi) is 8.43. The lowest BCUT2D eigenvalue weighted by molar-refractivity contribution is 0.0944. The molecule has 0 aliphatic carbocycles. The van der Waals surface area contributed by atoms with Gasteiger partial charge in [-0.1, -0.05) is 45.0 Å². The average molecular weight is 503 g/mol. The maximum absolute atomic E-state index is 13.2. The Morgan fingerprint density at radius 3 is 2.35 bits per heavy atom. The number of nitrogens with one attached hydrogen (secondary N) is 1. The summed E-state index contributed by atoms with van der Waals surface area (Å²) in [5, 5.41) is 12.8. The van der Waals surface area contributed by atoms with Gasteiger partial charge < -0.3 is 15.3 Å². The molecule has 194 valence electrons. The van der Waals surface area contributed by atoms with E-state index in [0.717, 1.165) is 31.5 Å². The number of hydrogen-bond acceptors (Lipinski definition) is 4. The van der Waals surface area contributed by atoms with E-state index in [2.05, 4.69) is 27.3 Å². The monoisotopic (exact) mass is 502 g/mol. The van der Waals surface area contributed by atoms with E-state index in [0.29, 0.717) is 35.9 Å². The van der Waals surface area contributed by atoms with Crippen LogP contribution in [0.3, 0.4) is 0 Å². The van der Waals surface area contributed by atoms with Crippen molar-refractivity contribution in [2.24, 2.45) is 0 Å². The Bertz CT molecular complexity index is 1320. The van der Waals surface area contributed by atoms with Crippen LogP contribution in [-0.4, -0.2) is 33.5 Å². The number of benzene rings is 2. The molecule has 2 N–H and O–H groups in total. The summed E-state index contributed by atoms with van der Waals surface area (Å²) in [5.41, 5.74) is 5.19. The fourth-order valence-corrected chi connectivity index (χ4v) is 4.87. The highest BCUT2D eigenvalue weighted by molar-refractivity contribution is 5.94. The van der Waals surface area contributed by atoms with Crippen molar-refractivity contribution in [3.8, 4) is 5.75 Å². The molecule has 0 bridgehead atoms. The number of carbonyl (C=O) groups is 1. The van der Waals surface area contributed by atoms with E-state index in [9.17, 15) is 14.3 Å². The van der Waals surface area contributed by atoms with Crippen LogP contribution in [0.4, 0.5) is 10.1 Å². The largest absolute Gasteiger partial charge is 0.506 e. The molecule has 0 radical (unpaired) electrons. The Morgan fingerprint density at radius 1 is 1.03 bits per heavy atom. The zero-order valence-corrected chi connectivity index (χ0v) is 21.7. The van der Waals surface area contributed by atoms with E-state index in [1.807, 2.05) is 45.0 Å². The molecule has 0 saturated carbocycles. The summed E-state index contributed by atoms with van der Waals surface area (Å²) in [4.78, 5) is 19.9. The lowest BCUT2D eigenvalue weighted by Crippen LogP contribution is -2.32. The molecule has 3 heterocycles. The molecular formula is C30H35FN4O2. The quantitative estimate of drug-likeness (QED) is 0.335. The molecular weight excluding hydrogens is 467 g/mol. The summed E-state index contributed by atoms with van der Waals surface area (Å²) < 4.78 is 14.8. The first-order valence-corrected chi connectivity index (χ1v) is 13.1. The Labute approximate surface area is 217 Å². The van der Waals surface area contributed by atoms with Gasteiger partial charge in [0.25, 0.3) is 5.91 Å². The van der Waals surface area contributed by atoms with Crippen LogP contribution in [0.25, 0.3) is 5.65 Å². The van der Waals surface area contributed by atoms with Crippen LogP contribution in [0.5, 0.6) is 5.75 Å². The third-order valence-corrected chi connectivity index (χ3v) is 6.82. The van der Waals surface area contributed by atoms with Crippen LogP contribution in [-0.2, 0) is 13.0 Å². The average Bonchev–Trinajstić information content (AvgIpc) is 3.31. The topological polar surface area (TPSA) is 69.9 Å². The lowest BCUT2D eigenvalue weighted by Gasteiger charge is -2.34. The smallest absolute Gasteiger partial charge is 0.270 e. The molecule has 2 aromatic carbocycles. The molecule has 0 spiro atoms. The van der Waals surface area contributed by atoms with E-state index in [1.54, 1.807) is 28.7 Å². The minimum Gasteiger partial charge on any atom is -0.506 e. The highest BCUT2D eigenvalue weighted by atomic mass is 19.1. The van der Waals surface area contributed by atoms with Crippen LogP contribution in [0.15, 0.2) is 66.9 Å². The normalized spacial score (nSPS) is 13.8. The number of aryl methyl sites for hydroxylation is 1. The second-order valence-electron chi connectivity index (χ2n) is 9.04. The standard InChI is InChI=1S/C28H29FN4O2.C2H6/c1-2-25-27(33-18-24(34)11-12-26(33)31-25)28(35)30-17-19-3-9-23(10-4-19)32-15-13-21(14-16-32)20-5-7-22(29)8-6-20;1-2/h3-12,18,21,34H,2,13-17H2,1H3,(H,30,35);1-2H3. The molecule has 1 aliphatic rings. The van der Waals surface area contributed by atoms with E-state index < -0.39 is 0 Å². The molecule has 4 aromatic rings. The zero-order valence-electron chi connectivity index (χ0n) is 21.7. The molecule has 1 aliphatic heterocycles. The van der Waals surface area contributed by atoms with Crippen molar-refractivity contribution < 1.29 is 14.3 Å². The summed E-state index contributed by atoms with van der Waals surface area (Å²) in [5.74, 6) is 0.151. The van der Waals surface area contributed by atoms with Crippen molar-refractivity contribution in [2.75, 3.05) is 18.0 Å². The third kappa shape index (κ3) is 5.93. The molecule has 1 amide bonds. The molecule has 1 fully saturated rings. The third-order valence-electron chi connectivity index (χ3n) is 6.82. The maximum Gasteiger partial charge on any atom is 0.270 e. The van der Waals surface area contributed by atoms with Gasteiger partial charge in [0.2, 0.25) is 0 Å². The number of hydrogen-bond donors (Lipinski definition) is 2. The predicted octanol–water partition coefficient (Wildman–Crippen LogP) is 6.08. The minimum atomic E-state index is -0.216. The number of imidazole rings is 1. The van der Waals surface area contributed by atoms with Crippen molar-refractivity contribution in [3.63, 3.8) is 0 Å². The number of pyridine rings is 1. The first-order valence-electron chi connectivity index (χ1n) is 13.1. The number of nitrogens with zero attached hydrogens (tertiary/aromatic N) is 3. The van der Waals surface area contributed by atoms with Gasteiger partial charge in [-0.15, -0.1) is 0 Å². The molecule has 7 heteroatoms. The number of fused-ring (bicyclic) bond motifs is 1. The number of aromatic nitrogens is 2. The van der Waals surface area contributed by atoms with Gasteiger partial charge in [0.1, 0.15) is 22.9 Å². The van der Waals surface area contributed by atoms with Gasteiger partial charge in [0.15, 0.2) is 0 Å². The number of halogens is 1. The van der Waals surface area contributed by atoms with Crippen molar-refractivity contribution >= 4 is 17.2 Å². The first kappa shape index (κ1) is 26.2. The number of anilines is 1. The first-order chi connectivity index (χ1) is 18.0. The fraction of sp³-hybridized carbons (Fsp3) is 0.333. The predicted molar refractivity (Wildman–Crippen MR) is 146 cm³/mol. The fourth-order valence-electron chi connectivity index (χ4n) is 4.87. The molecule has 37 heavy (non-hydrogen) atoms. The van der Waals surface area contributed by atoms with Gasteiger partial charge >= 0.3 is 0 Å². The molecule has 0 atom stereocenters. The van der Waals surface area contributed by atoms with Gasteiger partial charge in [0, 0.05) is 25.3 Å². The molecule has 6 nitrogen and oxygen atoms in total. The second kappa shape index (κ2) is 11.9. The number of rotatable bonds is 6. The van der Waals surface area contributed by atoms with E-state index in [-0.39, 0.29) is 17.5 Å². The van der Waals surface area contributed by atoms with Gasteiger partial charge in [-0.2, -0.15) is 0 Å². The molecule has 2 aromatic heterocycles. The van der Waals surface area contributed by atoms with Crippen molar-refractivity contribution in [2.45, 2.75) is 52.5 Å². The van der Waals surface area contributed by atoms with Crippen LogP contribution in [0.2, 0.25) is 0 Å². The van der Waals surface area contributed by atoms with Crippen LogP contribution >= 0.6 is 0 Å². The number of amides is 1. The second-order valence-corrected chi connectivity index (χ2v) is 9.04. The van der Waals surface area contributed by atoms with Gasteiger partial charge in [-0.3, -0.25) is 9.20 Å². The van der Waals surface area contributed by atoms with Crippen LogP contribution < -0.4 is 10.2 Å². The van der Waals surface area contributed by atoms with Crippen LogP contribution in [0.1, 0.15) is 66.8 Å². The van der Waals surface area contributed by atoms with E-state index in [4.69, 9.17) is 0 Å². The van der Waals surface area contributed by atoms with E-state index >= 15 is 0 Å². The zero-order chi connectivity index (χ0) is 26.4. The number of carbonyl (C=O) groups excluding carboxylic acids is 1. The Hall–Kier alpha value is -3.87. The van der Waals surface area contributed by atoms with Gasteiger partial charge in [-0.05, 0) is 72.7 Å². The van der Waals surface area contributed by atoms with E-state index in [1.165, 1.54) is 17.4 Å². The van der Waals surface area contributed by atoms with Gasteiger partial charge in [0.05, 0.1) is 11.9 Å².